The van der Waals surface area contributed by atoms with Crippen molar-refractivity contribution in [1.82, 2.24) is 4.98 Å². The highest BCUT2D eigenvalue weighted by Gasteiger charge is 1.94. The molecule has 0 aliphatic rings. The summed E-state index contributed by atoms with van der Waals surface area (Å²) in [6, 6.07) is 9.80. The first kappa shape index (κ1) is 10.2. The summed E-state index contributed by atoms with van der Waals surface area (Å²) in [5.74, 6) is 0. The summed E-state index contributed by atoms with van der Waals surface area (Å²) in [6.07, 6.45) is 1.70. The van der Waals surface area contributed by atoms with Gasteiger partial charge in [0.15, 0.2) is 0 Å². The van der Waals surface area contributed by atoms with Crippen molar-refractivity contribution in [2.75, 3.05) is 0 Å². The van der Waals surface area contributed by atoms with E-state index in [-0.39, 0.29) is 23.6 Å². The summed E-state index contributed by atoms with van der Waals surface area (Å²) in [4.78, 5) is 4.19. The van der Waals surface area contributed by atoms with Gasteiger partial charge in [0.25, 0.3) is 0 Å². The third-order valence-corrected chi connectivity index (χ3v) is 1.83. The van der Waals surface area contributed by atoms with Crippen LogP contribution in [0.2, 0.25) is 0 Å². The van der Waals surface area contributed by atoms with Crippen molar-refractivity contribution in [3.63, 3.8) is 0 Å². The molecular formula is C10H10BrNO. The first-order valence-electron chi connectivity index (χ1n) is 3.84. The Balaban J connectivity index is 0.000000845. The highest BCUT2D eigenvalue weighted by molar-refractivity contribution is 8.93. The Labute approximate surface area is 87.0 Å². The van der Waals surface area contributed by atoms with Gasteiger partial charge >= 0.3 is 0 Å². The second-order valence-electron chi connectivity index (χ2n) is 2.69. The van der Waals surface area contributed by atoms with Crippen LogP contribution >= 0.6 is 17.0 Å². The van der Waals surface area contributed by atoms with E-state index in [1.807, 2.05) is 30.3 Å². The van der Waals surface area contributed by atoms with E-state index in [0.717, 1.165) is 16.5 Å². The largest absolute Gasteiger partial charge is 0.392 e. The molecule has 13 heavy (non-hydrogen) atoms. The summed E-state index contributed by atoms with van der Waals surface area (Å²) in [6.45, 7) is 0.0534. The Morgan fingerprint density at radius 2 is 2.00 bits per heavy atom. The van der Waals surface area contributed by atoms with Crippen LogP contribution in [0.4, 0.5) is 0 Å². The number of halogens is 1. The van der Waals surface area contributed by atoms with Crippen molar-refractivity contribution in [3.05, 3.63) is 42.1 Å². The van der Waals surface area contributed by atoms with E-state index in [1.54, 1.807) is 6.20 Å². The number of aliphatic hydroxyl groups is 1. The molecule has 2 aromatic rings. The van der Waals surface area contributed by atoms with Crippen molar-refractivity contribution in [2.24, 2.45) is 0 Å². The lowest BCUT2D eigenvalue weighted by atomic mass is 10.2. The Kier molecular flexibility index (Phi) is 3.39. The van der Waals surface area contributed by atoms with Crippen LogP contribution in [0.25, 0.3) is 10.9 Å². The highest BCUT2D eigenvalue weighted by Crippen LogP contribution is 2.11. The number of hydrogen-bond acceptors (Lipinski definition) is 2. The van der Waals surface area contributed by atoms with Gasteiger partial charge in [-0.25, -0.2) is 0 Å². The van der Waals surface area contributed by atoms with Gasteiger partial charge in [0.05, 0.1) is 12.1 Å². The van der Waals surface area contributed by atoms with E-state index in [1.165, 1.54) is 0 Å². The molecule has 0 saturated carbocycles. The van der Waals surface area contributed by atoms with E-state index in [9.17, 15) is 0 Å². The second kappa shape index (κ2) is 4.35. The maximum absolute atomic E-state index is 8.86. The number of aliphatic hydroxyl groups excluding tert-OH is 1. The molecule has 0 bridgehead atoms. The van der Waals surface area contributed by atoms with Crippen molar-refractivity contribution >= 4 is 27.9 Å². The minimum atomic E-state index is 0. The van der Waals surface area contributed by atoms with Gasteiger partial charge in [-0.1, -0.05) is 18.2 Å². The van der Waals surface area contributed by atoms with E-state index >= 15 is 0 Å². The fourth-order valence-corrected chi connectivity index (χ4v) is 1.20. The molecular weight excluding hydrogens is 230 g/mol. The second-order valence-corrected chi connectivity index (χ2v) is 2.69. The molecule has 0 aliphatic carbocycles. The maximum atomic E-state index is 8.86. The van der Waals surface area contributed by atoms with E-state index in [2.05, 4.69) is 4.98 Å². The molecule has 2 nitrogen and oxygen atoms in total. The van der Waals surface area contributed by atoms with Crippen LogP contribution in [0.1, 0.15) is 5.56 Å². The van der Waals surface area contributed by atoms with Gasteiger partial charge in [0, 0.05) is 11.6 Å². The fraction of sp³-hybridized carbons (Fsp3) is 0.100. The van der Waals surface area contributed by atoms with E-state index in [0.29, 0.717) is 0 Å². The van der Waals surface area contributed by atoms with Gasteiger partial charge in [-0.2, -0.15) is 0 Å². The van der Waals surface area contributed by atoms with Gasteiger partial charge in [-0.3, -0.25) is 4.98 Å². The average molecular weight is 240 g/mol. The lowest BCUT2D eigenvalue weighted by Crippen LogP contribution is -1.85. The number of rotatable bonds is 1. The summed E-state index contributed by atoms with van der Waals surface area (Å²) < 4.78 is 0. The van der Waals surface area contributed by atoms with Crippen molar-refractivity contribution in [1.29, 1.82) is 0 Å². The molecule has 0 amide bonds. The number of para-hydroxylation sites is 1. The molecule has 0 spiro atoms. The average Bonchev–Trinajstić information content (AvgIpc) is 2.17. The summed E-state index contributed by atoms with van der Waals surface area (Å²) >= 11 is 0. The van der Waals surface area contributed by atoms with E-state index in [4.69, 9.17) is 5.11 Å². The number of hydrogen-bond donors (Lipinski definition) is 1. The van der Waals surface area contributed by atoms with Crippen molar-refractivity contribution < 1.29 is 5.11 Å². The number of pyridine rings is 1. The molecule has 0 fully saturated rings. The number of fused-ring (bicyclic) bond motifs is 1. The van der Waals surface area contributed by atoms with Crippen LogP contribution in [0, 0.1) is 0 Å². The van der Waals surface area contributed by atoms with Crippen LogP contribution < -0.4 is 0 Å². The van der Waals surface area contributed by atoms with Crippen molar-refractivity contribution in [2.45, 2.75) is 6.61 Å². The Bertz CT molecular complexity index is 403. The minimum absolute atomic E-state index is 0. The Hall–Kier alpha value is -0.930. The lowest BCUT2D eigenvalue weighted by molar-refractivity contribution is 0.281. The van der Waals surface area contributed by atoms with Gasteiger partial charge in [-0.15, -0.1) is 17.0 Å². The zero-order chi connectivity index (χ0) is 8.39. The van der Waals surface area contributed by atoms with Gasteiger partial charge in [0.1, 0.15) is 0 Å². The molecule has 1 heterocycles. The van der Waals surface area contributed by atoms with Gasteiger partial charge in [0.2, 0.25) is 0 Å². The van der Waals surface area contributed by atoms with Gasteiger partial charge in [-0.05, 0) is 17.7 Å². The third kappa shape index (κ3) is 2.05. The third-order valence-electron chi connectivity index (χ3n) is 1.83. The predicted octanol–water partition coefficient (Wildman–Crippen LogP) is 2.30. The molecule has 1 aromatic heterocycles. The molecule has 0 radical (unpaired) electrons. The molecule has 0 saturated heterocycles. The first-order valence-corrected chi connectivity index (χ1v) is 3.84. The summed E-state index contributed by atoms with van der Waals surface area (Å²) in [5.41, 5.74) is 1.82. The maximum Gasteiger partial charge on any atom is 0.0702 e. The van der Waals surface area contributed by atoms with Crippen LogP contribution in [0.5, 0.6) is 0 Å². The standard InChI is InChI=1S/C10H9NO.BrH/c12-7-8-5-9-3-1-2-4-10(9)11-6-8;/h1-6,12H,7H2;1H. The monoisotopic (exact) mass is 239 g/mol. The fourth-order valence-electron chi connectivity index (χ4n) is 1.20. The molecule has 68 valence electrons. The van der Waals surface area contributed by atoms with Crippen LogP contribution in [-0.2, 0) is 6.61 Å². The number of aromatic nitrogens is 1. The molecule has 1 aromatic carbocycles. The molecule has 3 heteroatoms. The van der Waals surface area contributed by atoms with Crippen LogP contribution in [0.3, 0.4) is 0 Å². The SMILES string of the molecule is Br.OCc1cnc2ccccc2c1. The van der Waals surface area contributed by atoms with Crippen molar-refractivity contribution in [3.8, 4) is 0 Å². The number of benzene rings is 1. The topological polar surface area (TPSA) is 33.1 Å². The molecule has 2 rings (SSSR count). The Morgan fingerprint density at radius 1 is 1.23 bits per heavy atom. The first-order chi connectivity index (χ1) is 5.90. The minimum Gasteiger partial charge on any atom is -0.392 e. The van der Waals surface area contributed by atoms with E-state index < -0.39 is 0 Å². The predicted molar refractivity (Wildman–Crippen MR) is 58.0 cm³/mol. The van der Waals surface area contributed by atoms with Crippen LogP contribution in [0.15, 0.2) is 36.5 Å². The molecule has 0 unspecified atom stereocenters. The lowest BCUT2D eigenvalue weighted by Gasteiger charge is -1.98. The molecule has 1 N–H and O–H groups in total. The zero-order valence-corrected chi connectivity index (χ0v) is 8.69. The number of nitrogens with zero attached hydrogens (tertiary/aromatic N) is 1. The Morgan fingerprint density at radius 3 is 2.77 bits per heavy atom. The normalized spacial score (nSPS) is 9.62. The van der Waals surface area contributed by atoms with Gasteiger partial charge < -0.3 is 5.11 Å². The highest BCUT2D eigenvalue weighted by atomic mass is 79.9. The molecule has 0 atom stereocenters. The zero-order valence-electron chi connectivity index (χ0n) is 6.97. The summed E-state index contributed by atoms with van der Waals surface area (Å²) in [7, 11) is 0. The quantitative estimate of drug-likeness (QED) is 0.829. The summed E-state index contributed by atoms with van der Waals surface area (Å²) in [5, 5.41) is 9.93. The van der Waals surface area contributed by atoms with Crippen LogP contribution in [-0.4, -0.2) is 10.1 Å². The molecule has 0 aliphatic heterocycles. The smallest absolute Gasteiger partial charge is 0.0702 e.